The zero-order chi connectivity index (χ0) is 14.8. The molecule has 1 aliphatic heterocycles. The summed E-state index contributed by atoms with van der Waals surface area (Å²) in [5.41, 5.74) is 4.92. The molecule has 0 spiro atoms. The Morgan fingerprint density at radius 2 is 2.19 bits per heavy atom. The summed E-state index contributed by atoms with van der Waals surface area (Å²) < 4.78 is 0. The number of anilines is 1. The molecule has 0 fully saturated rings. The van der Waals surface area contributed by atoms with Gasteiger partial charge in [0.15, 0.2) is 5.82 Å². The van der Waals surface area contributed by atoms with E-state index in [0.29, 0.717) is 35.9 Å². The van der Waals surface area contributed by atoms with Crippen LogP contribution >= 0.6 is 11.6 Å². The Hall–Kier alpha value is -2.18. The first-order valence-corrected chi connectivity index (χ1v) is 6.92. The molecule has 0 saturated carbocycles. The van der Waals surface area contributed by atoms with E-state index in [4.69, 9.17) is 17.4 Å². The molecule has 1 aliphatic rings. The van der Waals surface area contributed by atoms with Crippen molar-refractivity contribution in [2.75, 3.05) is 12.0 Å². The van der Waals surface area contributed by atoms with Crippen LogP contribution in [0.3, 0.4) is 0 Å². The highest BCUT2D eigenvalue weighted by Gasteiger charge is 2.23. The number of nitrogen functional groups attached to an aromatic ring is 1. The van der Waals surface area contributed by atoms with Crippen LogP contribution in [0.2, 0.25) is 5.02 Å². The summed E-state index contributed by atoms with van der Waals surface area (Å²) in [6, 6.07) is 8.78. The number of amides is 1. The van der Waals surface area contributed by atoms with E-state index in [0.717, 1.165) is 11.3 Å². The van der Waals surface area contributed by atoms with Gasteiger partial charge in [-0.1, -0.05) is 17.7 Å². The maximum absolute atomic E-state index is 12.5. The van der Waals surface area contributed by atoms with E-state index in [-0.39, 0.29) is 5.91 Å². The summed E-state index contributed by atoms with van der Waals surface area (Å²) in [7, 11) is 0. The zero-order valence-corrected chi connectivity index (χ0v) is 12.0. The summed E-state index contributed by atoms with van der Waals surface area (Å²) >= 11 is 5.94. The van der Waals surface area contributed by atoms with E-state index in [1.165, 1.54) is 0 Å². The number of hydrogen-bond acceptors (Lipinski definition) is 5. The number of carbonyl (C=O) groups excluding carboxylic acids is 1. The smallest absolute Gasteiger partial charge is 0.254 e. The van der Waals surface area contributed by atoms with Crippen molar-refractivity contribution in [2.24, 2.45) is 5.84 Å². The van der Waals surface area contributed by atoms with E-state index in [2.05, 4.69) is 15.6 Å². The molecule has 0 atom stereocenters. The predicted molar refractivity (Wildman–Crippen MR) is 79.7 cm³/mol. The van der Waals surface area contributed by atoms with E-state index >= 15 is 0 Å². The summed E-state index contributed by atoms with van der Waals surface area (Å²) in [6.07, 6.45) is 0.680. The molecule has 1 amide bonds. The number of hydrogen-bond donors (Lipinski definition) is 2. The van der Waals surface area contributed by atoms with Gasteiger partial charge in [0.25, 0.3) is 5.91 Å². The van der Waals surface area contributed by atoms with Gasteiger partial charge in [-0.3, -0.25) is 4.79 Å². The monoisotopic (exact) mass is 303 g/mol. The summed E-state index contributed by atoms with van der Waals surface area (Å²) in [5, 5.41) is 8.62. The van der Waals surface area contributed by atoms with Gasteiger partial charge < -0.3 is 10.3 Å². The van der Waals surface area contributed by atoms with Crippen molar-refractivity contribution < 1.29 is 4.79 Å². The highest BCUT2D eigenvalue weighted by molar-refractivity contribution is 6.30. The number of aromatic nitrogens is 2. The number of hydrazine groups is 1. The Morgan fingerprint density at radius 1 is 1.33 bits per heavy atom. The van der Waals surface area contributed by atoms with Crippen molar-refractivity contribution in [3.05, 3.63) is 52.2 Å². The number of nitrogens with one attached hydrogen (secondary N) is 1. The fraction of sp³-hybridized carbons (Fsp3) is 0.214. The Bertz CT molecular complexity index is 691. The fourth-order valence-electron chi connectivity index (χ4n) is 2.38. The third kappa shape index (κ3) is 2.81. The number of nitrogens with two attached hydrogens (primary N) is 1. The standard InChI is InChI=1S/C14H14ClN5O/c15-11-3-1-2-9(6-11)14(21)20-5-4-12-10(8-20)7-13(17-16)19-18-12/h1-3,6-7H,4-5,8,16H2,(H,17,19). The van der Waals surface area contributed by atoms with Crippen LogP contribution in [-0.4, -0.2) is 27.5 Å². The summed E-state index contributed by atoms with van der Waals surface area (Å²) in [4.78, 5) is 14.3. The maximum Gasteiger partial charge on any atom is 0.254 e. The average Bonchev–Trinajstić information content (AvgIpc) is 2.53. The SMILES string of the molecule is NNc1cc2c(nn1)CCN(C(=O)c1cccc(Cl)c1)C2. The maximum atomic E-state index is 12.5. The normalized spacial score (nSPS) is 13.7. The third-order valence-electron chi connectivity index (χ3n) is 3.45. The number of benzene rings is 1. The molecule has 0 radical (unpaired) electrons. The van der Waals surface area contributed by atoms with Crippen LogP contribution in [0.15, 0.2) is 30.3 Å². The van der Waals surface area contributed by atoms with Gasteiger partial charge in [-0.2, -0.15) is 5.10 Å². The second-order valence-electron chi connectivity index (χ2n) is 4.83. The number of carbonyl (C=O) groups is 1. The van der Waals surface area contributed by atoms with Crippen LogP contribution in [0.1, 0.15) is 21.6 Å². The van der Waals surface area contributed by atoms with E-state index in [9.17, 15) is 4.79 Å². The molecule has 2 heterocycles. The van der Waals surface area contributed by atoms with E-state index in [1.54, 1.807) is 29.2 Å². The van der Waals surface area contributed by atoms with Crippen molar-refractivity contribution in [2.45, 2.75) is 13.0 Å². The minimum absolute atomic E-state index is 0.0396. The molecule has 21 heavy (non-hydrogen) atoms. The molecule has 7 heteroatoms. The second-order valence-corrected chi connectivity index (χ2v) is 5.27. The van der Waals surface area contributed by atoms with Crippen molar-refractivity contribution >= 4 is 23.3 Å². The van der Waals surface area contributed by atoms with Gasteiger partial charge in [-0.15, -0.1) is 5.10 Å². The lowest BCUT2D eigenvalue weighted by Crippen LogP contribution is -2.36. The quantitative estimate of drug-likeness (QED) is 0.650. The van der Waals surface area contributed by atoms with Gasteiger partial charge in [0.1, 0.15) is 0 Å². The lowest BCUT2D eigenvalue weighted by molar-refractivity contribution is 0.0733. The Morgan fingerprint density at radius 3 is 2.95 bits per heavy atom. The minimum atomic E-state index is -0.0396. The second kappa shape index (κ2) is 5.67. The largest absolute Gasteiger partial charge is 0.334 e. The predicted octanol–water partition coefficient (Wildman–Crippen LogP) is 1.61. The molecule has 1 aromatic heterocycles. The van der Waals surface area contributed by atoms with Crippen LogP contribution in [0.5, 0.6) is 0 Å². The van der Waals surface area contributed by atoms with Gasteiger partial charge in [0.05, 0.1) is 5.69 Å². The molecule has 2 aromatic rings. The van der Waals surface area contributed by atoms with E-state index < -0.39 is 0 Å². The Labute approximate surface area is 126 Å². The van der Waals surface area contributed by atoms with Crippen molar-refractivity contribution in [3.63, 3.8) is 0 Å². The van der Waals surface area contributed by atoms with Crippen LogP contribution in [0.25, 0.3) is 0 Å². The van der Waals surface area contributed by atoms with Crippen LogP contribution in [0.4, 0.5) is 5.82 Å². The van der Waals surface area contributed by atoms with Gasteiger partial charge in [0, 0.05) is 30.1 Å². The summed E-state index contributed by atoms with van der Waals surface area (Å²) in [6.45, 7) is 1.10. The number of halogens is 1. The van der Waals surface area contributed by atoms with Crippen LogP contribution in [0, 0.1) is 0 Å². The molecule has 0 unspecified atom stereocenters. The molecule has 0 bridgehead atoms. The van der Waals surface area contributed by atoms with Gasteiger partial charge in [0.2, 0.25) is 0 Å². The van der Waals surface area contributed by atoms with E-state index in [1.807, 2.05) is 6.07 Å². The fourth-order valence-corrected chi connectivity index (χ4v) is 2.57. The molecule has 6 nitrogen and oxygen atoms in total. The number of fused-ring (bicyclic) bond motifs is 1. The van der Waals surface area contributed by atoms with Crippen molar-refractivity contribution in [1.29, 1.82) is 0 Å². The first-order chi connectivity index (χ1) is 10.2. The first kappa shape index (κ1) is 13.8. The molecule has 3 rings (SSSR count). The van der Waals surface area contributed by atoms with Gasteiger partial charge in [-0.05, 0) is 29.8 Å². The third-order valence-corrected chi connectivity index (χ3v) is 3.68. The van der Waals surface area contributed by atoms with Crippen molar-refractivity contribution in [3.8, 4) is 0 Å². The molecule has 108 valence electrons. The molecule has 0 saturated heterocycles. The molecule has 3 N–H and O–H groups in total. The topological polar surface area (TPSA) is 84.1 Å². The zero-order valence-electron chi connectivity index (χ0n) is 11.2. The van der Waals surface area contributed by atoms with Gasteiger partial charge in [-0.25, -0.2) is 5.84 Å². The molecular formula is C14H14ClN5O. The van der Waals surface area contributed by atoms with Crippen LogP contribution in [-0.2, 0) is 13.0 Å². The molecular weight excluding hydrogens is 290 g/mol. The molecule has 0 aliphatic carbocycles. The van der Waals surface area contributed by atoms with Gasteiger partial charge >= 0.3 is 0 Å². The Kier molecular flexibility index (Phi) is 3.72. The lowest BCUT2D eigenvalue weighted by atomic mass is 10.1. The average molecular weight is 304 g/mol. The highest BCUT2D eigenvalue weighted by atomic mass is 35.5. The van der Waals surface area contributed by atoms with Crippen molar-refractivity contribution in [1.82, 2.24) is 15.1 Å². The number of rotatable bonds is 2. The first-order valence-electron chi connectivity index (χ1n) is 6.54. The lowest BCUT2D eigenvalue weighted by Gasteiger charge is -2.28. The Balaban J connectivity index is 1.83. The summed E-state index contributed by atoms with van der Waals surface area (Å²) in [5.74, 6) is 5.79. The van der Waals surface area contributed by atoms with Crippen LogP contribution < -0.4 is 11.3 Å². The molecule has 1 aromatic carbocycles. The number of nitrogens with zero attached hydrogens (tertiary/aromatic N) is 3. The minimum Gasteiger partial charge on any atom is -0.334 e. The highest BCUT2D eigenvalue weighted by Crippen LogP contribution is 2.21.